The van der Waals surface area contributed by atoms with E-state index < -0.39 is 0 Å². The third-order valence-corrected chi connectivity index (χ3v) is 3.94. The maximum Gasteiger partial charge on any atom is 0.253 e. The highest BCUT2D eigenvalue weighted by molar-refractivity contribution is 5.94. The molecule has 132 valence electrons. The number of nitrogens with zero attached hydrogens (tertiary/aromatic N) is 1. The quantitative estimate of drug-likeness (QED) is 0.710. The van der Waals surface area contributed by atoms with Gasteiger partial charge in [-0.2, -0.15) is 0 Å². The zero-order chi connectivity index (χ0) is 17.8. The molecule has 0 bridgehead atoms. The summed E-state index contributed by atoms with van der Waals surface area (Å²) in [5.74, 6) is 2.73. The highest BCUT2D eigenvalue weighted by Gasteiger charge is 2.13. The van der Waals surface area contributed by atoms with Crippen molar-refractivity contribution in [3.63, 3.8) is 0 Å². The number of anilines is 1. The Balaban J connectivity index is 1.31. The molecule has 1 amide bonds. The van der Waals surface area contributed by atoms with Crippen LogP contribution in [0.5, 0.6) is 11.5 Å². The predicted molar refractivity (Wildman–Crippen MR) is 94.0 cm³/mol. The lowest BCUT2D eigenvalue weighted by Gasteiger charge is -2.07. The Labute approximate surface area is 150 Å². The average molecular weight is 351 g/mol. The van der Waals surface area contributed by atoms with Crippen molar-refractivity contribution >= 4 is 11.7 Å². The molecule has 1 aliphatic heterocycles. The third kappa shape index (κ3) is 3.61. The molecular formula is C19H17N3O4. The highest BCUT2D eigenvalue weighted by atomic mass is 16.7. The lowest BCUT2D eigenvalue weighted by Crippen LogP contribution is -2.22. The van der Waals surface area contributed by atoms with E-state index in [1.54, 1.807) is 24.6 Å². The second kappa shape index (κ2) is 7.18. The maximum atomic E-state index is 12.3. The van der Waals surface area contributed by atoms with E-state index in [4.69, 9.17) is 13.9 Å². The second-order valence-corrected chi connectivity index (χ2v) is 5.74. The first-order chi connectivity index (χ1) is 12.8. The Hall–Kier alpha value is -3.48. The van der Waals surface area contributed by atoms with Gasteiger partial charge in [0.05, 0.1) is 18.4 Å². The number of furan rings is 1. The van der Waals surface area contributed by atoms with Crippen molar-refractivity contribution in [2.24, 2.45) is 0 Å². The first kappa shape index (κ1) is 16.0. The van der Waals surface area contributed by atoms with Gasteiger partial charge in [0.15, 0.2) is 11.5 Å². The van der Waals surface area contributed by atoms with Gasteiger partial charge in [-0.25, -0.2) is 4.98 Å². The number of carbonyl (C=O) groups is 1. The van der Waals surface area contributed by atoms with Crippen molar-refractivity contribution in [1.82, 2.24) is 10.3 Å². The van der Waals surface area contributed by atoms with Crippen molar-refractivity contribution in [2.45, 2.75) is 13.1 Å². The summed E-state index contributed by atoms with van der Waals surface area (Å²) in [5, 5.41) is 6.00. The number of rotatable bonds is 6. The SMILES string of the molecule is O=C(NCc1ccc2c(c1)OCO2)c1ccc(NCc2ccco2)nc1. The standard InChI is InChI=1S/C19H17N3O4/c23-19(22-9-13-3-5-16-17(8-13)26-12-25-16)14-4-6-18(20-10-14)21-11-15-2-1-7-24-15/h1-8,10H,9,11-12H2,(H,20,21)(H,22,23). The van der Waals surface area contributed by atoms with Crippen LogP contribution in [0.4, 0.5) is 5.82 Å². The zero-order valence-corrected chi connectivity index (χ0v) is 13.9. The van der Waals surface area contributed by atoms with Crippen LogP contribution in [0, 0.1) is 0 Å². The zero-order valence-electron chi connectivity index (χ0n) is 13.9. The van der Waals surface area contributed by atoms with E-state index in [1.165, 1.54) is 0 Å². The van der Waals surface area contributed by atoms with Crippen molar-refractivity contribution in [2.75, 3.05) is 12.1 Å². The highest BCUT2D eigenvalue weighted by Crippen LogP contribution is 2.32. The van der Waals surface area contributed by atoms with E-state index in [9.17, 15) is 4.79 Å². The summed E-state index contributed by atoms with van der Waals surface area (Å²) in [4.78, 5) is 16.5. The first-order valence-corrected chi connectivity index (χ1v) is 8.17. The third-order valence-electron chi connectivity index (χ3n) is 3.94. The molecule has 1 aliphatic rings. The van der Waals surface area contributed by atoms with Gasteiger partial charge in [0, 0.05) is 12.7 Å². The molecule has 0 fully saturated rings. The van der Waals surface area contributed by atoms with Crippen LogP contribution in [0.1, 0.15) is 21.7 Å². The molecule has 0 atom stereocenters. The molecule has 0 radical (unpaired) electrons. The maximum absolute atomic E-state index is 12.3. The van der Waals surface area contributed by atoms with Crippen LogP contribution in [-0.2, 0) is 13.1 Å². The van der Waals surface area contributed by atoms with Crippen LogP contribution in [0.15, 0.2) is 59.3 Å². The topological polar surface area (TPSA) is 85.6 Å². The second-order valence-electron chi connectivity index (χ2n) is 5.74. The van der Waals surface area contributed by atoms with Gasteiger partial charge in [-0.3, -0.25) is 4.79 Å². The van der Waals surface area contributed by atoms with Gasteiger partial charge in [0.25, 0.3) is 5.91 Å². The van der Waals surface area contributed by atoms with Crippen molar-refractivity contribution in [1.29, 1.82) is 0 Å². The van der Waals surface area contributed by atoms with Crippen molar-refractivity contribution in [3.8, 4) is 11.5 Å². The van der Waals surface area contributed by atoms with Gasteiger partial charge in [-0.1, -0.05) is 6.07 Å². The van der Waals surface area contributed by atoms with E-state index in [2.05, 4.69) is 15.6 Å². The van der Waals surface area contributed by atoms with Gasteiger partial charge >= 0.3 is 0 Å². The molecule has 2 aromatic heterocycles. The number of hydrogen-bond acceptors (Lipinski definition) is 6. The number of fused-ring (bicyclic) bond motifs is 1. The Morgan fingerprint density at radius 3 is 2.81 bits per heavy atom. The number of pyridine rings is 1. The molecule has 4 rings (SSSR count). The fraction of sp³-hybridized carbons (Fsp3) is 0.158. The minimum absolute atomic E-state index is 0.187. The molecule has 0 saturated carbocycles. The van der Waals surface area contributed by atoms with Crippen LogP contribution in [-0.4, -0.2) is 17.7 Å². The minimum Gasteiger partial charge on any atom is -0.467 e. The van der Waals surface area contributed by atoms with E-state index in [0.29, 0.717) is 30.2 Å². The van der Waals surface area contributed by atoms with E-state index in [0.717, 1.165) is 17.1 Å². The Kier molecular flexibility index (Phi) is 4.42. The fourth-order valence-corrected chi connectivity index (χ4v) is 2.56. The lowest BCUT2D eigenvalue weighted by atomic mass is 10.2. The summed E-state index contributed by atoms with van der Waals surface area (Å²) >= 11 is 0. The predicted octanol–water partition coefficient (Wildman–Crippen LogP) is 2.95. The molecule has 7 nitrogen and oxygen atoms in total. The number of ether oxygens (including phenoxy) is 2. The Bertz CT molecular complexity index is 892. The first-order valence-electron chi connectivity index (χ1n) is 8.17. The van der Waals surface area contributed by atoms with Crippen LogP contribution < -0.4 is 20.1 Å². The fourth-order valence-electron chi connectivity index (χ4n) is 2.56. The molecule has 2 N–H and O–H groups in total. The van der Waals surface area contributed by atoms with E-state index in [-0.39, 0.29) is 12.7 Å². The van der Waals surface area contributed by atoms with Crippen molar-refractivity contribution < 1.29 is 18.7 Å². The molecule has 0 saturated heterocycles. The van der Waals surface area contributed by atoms with Crippen LogP contribution in [0.2, 0.25) is 0 Å². The molecule has 3 heterocycles. The van der Waals surface area contributed by atoms with Gasteiger partial charge in [-0.15, -0.1) is 0 Å². The van der Waals surface area contributed by atoms with E-state index in [1.807, 2.05) is 30.3 Å². The molecule has 26 heavy (non-hydrogen) atoms. The molecule has 1 aromatic carbocycles. The van der Waals surface area contributed by atoms with Gasteiger partial charge < -0.3 is 24.5 Å². The molecular weight excluding hydrogens is 334 g/mol. The van der Waals surface area contributed by atoms with Gasteiger partial charge in [0.1, 0.15) is 11.6 Å². The van der Waals surface area contributed by atoms with E-state index >= 15 is 0 Å². The number of benzene rings is 1. The largest absolute Gasteiger partial charge is 0.467 e. The summed E-state index contributed by atoms with van der Waals surface area (Å²) in [6, 6.07) is 12.8. The number of carbonyl (C=O) groups excluding carboxylic acids is 1. The summed E-state index contributed by atoms with van der Waals surface area (Å²) in [6.45, 7) is 1.17. The smallest absolute Gasteiger partial charge is 0.253 e. The molecule has 0 aliphatic carbocycles. The Morgan fingerprint density at radius 1 is 1.08 bits per heavy atom. The molecule has 0 unspecified atom stereocenters. The minimum atomic E-state index is -0.187. The summed E-state index contributed by atoms with van der Waals surface area (Å²) in [6.07, 6.45) is 3.16. The average Bonchev–Trinajstić information content (AvgIpc) is 3.36. The number of hydrogen-bond donors (Lipinski definition) is 2. The summed E-state index contributed by atoms with van der Waals surface area (Å²) in [5.41, 5.74) is 1.43. The lowest BCUT2D eigenvalue weighted by molar-refractivity contribution is 0.0950. The monoisotopic (exact) mass is 351 g/mol. The summed E-state index contributed by atoms with van der Waals surface area (Å²) in [7, 11) is 0. The number of aromatic nitrogens is 1. The van der Waals surface area contributed by atoms with Crippen LogP contribution in [0.3, 0.4) is 0 Å². The molecule has 0 spiro atoms. The van der Waals surface area contributed by atoms with Crippen LogP contribution >= 0.6 is 0 Å². The summed E-state index contributed by atoms with van der Waals surface area (Å²) < 4.78 is 15.9. The normalized spacial score (nSPS) is 12.0. The van der Waals surface area contributed by atoms with Crippen molar-refractivity contribution in [3.05, 3.63) is 71.8 Å². The van der Waals surface area contributed by atoms with Gasteiger partial charge in [0.2, 0.25) is 6.79 Å². The molecule has 3 aromatic rings. The number of amides is 1. The van der Waals surface area contributed by atoms with Gasteiger partial charge in [-0.05, 0) is 42.0 Å². The van der Waals surface area contributed by atoms with Crippen LogP contribution in [0.25, 0.3) is 0 Å². The number of nitrogens with one attached hydrogen (secondary N) is 2. The molecule has 7 heteroatoms. The Morgan fingerprint density at radius 2 is 2.00 bits per heavy atom.